The Balaban J connectivity index is 1.75. The molecule has 9 heteroatoms. The number of hydrogen-bond donors (Lipinski definition) is 1. The third-order valence-corrected chi connectivity index (χ3v) is 7.30. The van der Waals surface area contributed by atoms with Crippen LogP contribution in [0.5, 0.6) is 5.75 Å². The van der Waals surface area contributed by atoms with Gasteiger partial charge < -0.3 is 10.1 Å². The van der Waals surface area contributed by atoms with E-state index in [0.29, 0.717) is 35.2 Å². The fourth-order valence-electron chi connectivity index (χ4n) is 3.36. The van der Waals surface area contributed by atoms with E-state index in [1.807, 2.05) is 0 Å². The van der Waals surface area contributed by atoms with E-state index in [0.717, 1.165) is 0 Å². The maximum absolute atomic E-state index is 14.0. The van der Waals surface area contributed by atoms with Crippen LogP contribution in [0.25, 0.3) is 0 Å². The van der Waals surface area contributed by atoms with E-state index in [9.17, 15) is 17.6 Å². The number of ether oxygens (including phenoxy) is 1. The van der Waals surface area contributed by atoms with Gasteiger partial charge in [0.05, 0.1) is 23.6 Å². The van der Waals surface area contributed by atoms with Gasteiger partial charge in [-0.2, -0.15) is 4.31 Å². The van der Waals surface area contributed by atoms with Gasteiger partial charge in [0.25, 0.3) is 0 Å². The minimum atomic E-state index is -3.75. The number of amides is 1. The Labute approximate surface area is 178 Å². The molecule has 2 aromatic carbocycles. The van der Waals surface area contributed by atoms with Crippen LogP contribution in [-0.2, 0) is 14.8 Å². The summed E-state index contributed by atoms with van der Waals surface area (Å²) in [5, 5.41) is 2.57. The van der Waals surface area contributed by atoms with Crippen molar-refractivity contribution < 1.29 is 22.3 Å². The number of rotatable bonds is 5. The molecule has 1 heterocycles. The first-order chi connectivity index (χ1) is 13.7. The van der Waals surface area contributed by atoms with Crippen molar-refractivity contribution >= 4 is 37.5 Å². The summed E-state index contributed by atoms with van der Waals surface area (Å²) in [6.45, 7) is 2.16. The fourth-order valence-corrected chi connectivity index (χ4v) is 5.30. The lowest BCUT2D eigenvalue weighted by Gasteiger charge is -2.31. The molecule has 1 saturated heterocycles. The van der Waals surface area contributed by atoms with Gasteiger partial charge in [-0.15, -0.1) is 0 Å². The molecule has 0 aromatic heterocycles. The summed E-state index contributed by atoms with van der Waals surface area (Å²) < 4.78 is 47.2. The molecule has 0 radical (unpaired) electrons. The second kappa shape index (κ2) is 8.81. The highest BCUT2D eigenvalue weighted by Gasteiger charge is 2.33. The summed E-state index contributed by atoms with van der Waals surface area (Å²) in [4.78, 5) is 12.8. The standard InChI is InChI=1S/C20H22BrFN2O4S/c1-13-10-16(6-8-19(13)28-2)29(26,27)24-9-3-4-14(12-24)20(25)23-18-7-5-15(21)11-17(18)22/h5-8,10-11,14H,3-4,9,12H2,1-2H3,(H,23,25)/t14-/m1/s1. The van der Waals surface area contributed by atoms with Gasteiger partial charge in [-0.1, -0.05) is 15.9 Å². The molecule has 6 nitrogen and oxygen atoms in total. The van der Waals surface area contributed by atoms with E-state index in [1.165, 1.54) is 29.6 Å². The van der Waals surface area contributed by atoms with Gasteiger partial charge in [0, 0.05) is 17.6 Å². The molecule has 0 unspecified atom stereocenters. The van der Waals surface area contributed by atoms with E-state index < -0.39 is 27.7 Å². The van der Waals surface area contributed by atoms with E-state index in [4.69, 9.17) is 4.74 Å². The Morgan fingerprint density at radius 3 is 2.69 bits per heavy atom. The largest absolute Gasteiger partial charge is 0.496 e. The first kappa shape index (κ1) is 21.7. The topological polar surface area (TPSA) is 75.7 Å². The molecular formula is C20H22BrFN2O4S. The maximum atomic E-state index is 14.0. The van der Waals surface area contributed by atoms with Crippen LogP contribution >= 0.6 is 15.9 Å². The lowest BCUT2D eigenvalue weighted by atomic mass is 9.98. The van der Waals surface area contributed by atoms with Crippen molar-refractivity contribution in [1.82, 2.24) is 4.31 Å². The average molecular weight is 485 g/mol. The van der Waals surface area contributed by atoms with E-state index >= 15 is 0 Å². The molecular weight excluding hydrogens is 463 g/mol. The normalized spacial score (nSPS) is 17.7. The Hall–Kier alpha value is -1.97. The molecule has 1 aliphatic heterocycles. The van der Waals surface area contributed by atoms with Crippen molar-refractivity contribution in [3.8, 4) is 5.75 Å². The summed E-state index contributed by atoms with van der Waals surface area (Å²) in [5.74, 6) is -0.893. The van der Waals surface area contributed by atoms with Crippen molar-refractivity contribution in [3.05, 3.63) is 52.3 Å². The Kier molecular flexibility index (Phi) is 6.60. The highest BCUT2D eigenvalue weighted by Crippen LogP contribution is 2.28. The number of carbonyl (C=O) groups excluding carboxylic acids is 1. The van der Waals surface area contributed by atoms with Crippen molar-refractivity contribution in [2.75, 3.05) is 25.5 Å². The SMILES string of the molecule is COc1ccc(S(=O)(=O)N2CCC[C@@H](C(=O)Nc3ccc(Br)cc3F)C2)cc1C. The van der Waals surface area contributed by atoms with Gasteiger partial charge in [0.1, 0.15) is 11.6 Å². The zero-order valence-corrected chi connectivity index (χ0v) is 18.5. The van der Waals surface area contributed by atoms with Gasteiger partial charge >= 0.3 is 0 Å². The monoisotopic (exact) mass is 484 g/mol. The van der Waals surface area contributed by atoms with E-state index in [-0.39, 0.29) is 17.1 Å². The zero-order valence-electron chi connectivity index (χ0n) is 16.1. The Morgan fingerprint density at radius 1 is 1.28 bits per heavy atom. The lowest BCUT2D eigenvalue weighted by Crippen LogP contribution is -2.43. The van der Waals surface area contributed by atoms with Crippen LogP contribution in [0.3, 0.4) is 0 Å². The number of halogens is 2. The highest BCUT2D eigenvalue weighted by atomic mass is 79.9. The van der Waals surface area contributed by atoms with Crippen LogP contribution in [0, 0.1) is 18.7 Å². The number of benzene rings is 2. The molecule has 1 amide bonds. The third-order valence-electron chi connectivity index (χ3n) is 4.95. The van der Waals surface area contributed by atoms with Gasteiger partial charge in [0.2, 0.25) is 15.9 Å². The fraction of sp³-hybridized carbons (Fsp3) is 0.350. The molecule has 1 N–H and O–H groups in total. The molecule has 0 bridgehead atoms. The Bertz CT molecular complexity index is 1030. The van der Waals surface area contributed by atoms with Crippen LogP contribution in [0.2, 0.25) is 0 Å². The average Bonchev–Trinajstić information content (AvgIpc) is 2.70. The van der Waals surface area contributed by atoms with Crippen molar-refractivity contribution in [2.24, 2.45) is 5.92 Å². The number of sulfonamides is 1. The minimum absolute atomic E-state index is 0.0530. The number of anilines is 1. The second-order valence-electron chi connectivity index (χ2n) is 6.95. The predicted molar refractivity (Wildman–Crippen MR) is 112 cm³/mol. The third kappa shape index (κ3) is 4.79. The summed E-state index contributed by atoms with van der Waals surface area (Å²) in [5.41, 5.74) is 0.787. The highest BCUT2D eigenvalue weighted by molar-refractivity contribution is 9.10. The summed E-state index contributed by atoms with van der Waals surface area (Å²) >= 11 is 3.17. The first-order valence-corrected chi connectivity index (χ1v) is 11.4. The number of nitrogens with one attached hydrogen (secondary N) is 1. The Morgan fingerprint density at radius 2 is 2.03 bits per heavy atom. The molecule has 29 heavy (non-hydrogen) atoms. The zero-order chi connectivity index (χ0) is 21.2. The predicted octanol–water partition coefficient (Wildman–Crippen LogP) is 3.94. The maximum Gasteiger partial charge on any atom is 0.243 e. The van der Waals surface area contributed by atoms with Gasteiger partial charge in [-0.25, -0.2) is 12.8 Å². The molecule has 0 spiro atoms. The smallest absolute Gasteiger partial charge is 0.243 e. The molecule has 1 fully saturated rings. The summed E-state index contributed by atoms with van der Waals surface area (Å²) in [6, 6.07) is 9.04. The number of carbonyl (C=O) groups is 1. The van der Waals surface area contributed by atoms with Crippen LogP contribution in [0.1, 0.15) is 18.4 Å². The van der Waals surface area contributed by atoms with Crippen molar-refractivity contribution in [3.63, 3.8) is 0 Å². The van der Waals surface area contributed by atoms with Crippen LogP contribution in [0.15, 0.2) is 45.8 Å². The molecule has 156 valence electrons. The number of aryl methyl sites for hydroxylation is 1. The number of nitrogens with zero attached hydrogens (tertiary/aromatic N) is 1. The van der Waals surface area contributed by atoms with Crippen molar-refractivity contribution in [1.29, 1.82) is 0 Å². The summed E-state index contributed by atoms with van der Waals surface area (Å²) in [7, 11) is -2.22. The number of methoxy groups -OCH3 is 1. The molecule has 2 aromatic rings. The van der Waals surface area contributed by atoms with Gasteiger partial charge in [-0.05, 0) is 61.7 Å². The van der Waals surface area contributed by atoms with Gasteiger partial charge in [0.15, 0.2) is 0 Å². The van der Waals surface area contributed by atoms with Crippen molar-refractivity contribution in [2.45, 2.75) is 24.7 Å². The minimum Gasteiger partial charge on any atom is -0.496 e. The molecule has 1 atom stereocenters. The molecule has 3 rings (SSSR count). The molecule has 0 aliphatic carbocycles. The number of hydrogen-bond acceptors (Lipinski definition) is 4. The van der Waals surface area contributed by atoms with Crippen LogP contribution in [-0.4, -0.2) is 38.8 Å². The second-order valence-corrected chi connectivity index (χ2v) is 9.80. The van der Waals surface area contributed by atoms with E-state index in [1.54, 1.807) is 25.1 Å². The van der Waals surface area contributed by atoms with Crippen LogP contribution in [0.4, 0.5) is 10.1 Å². The lowest BCUT2D eigenvalue weighted by molar-refractivity contribution is -0.120. The molecule has 1 aliphatic rings. The van der Waals surface area contributed by atoms with Gasteiger partial charge in [-0.3, -0.25) is 4.79 Å². The quantitative estimate of drug-likeness (QED) is 0.696. The first-order valence-electron chi connectivity index (χ1n) is 9.13. The molecule has 0 saturated carbocycles. The van der Waals surface area contributed by atoms with Crippen LogP contribution < -0.4 is 10.1 Å². The van der Waals surface area contributed by atoms with E-state index in [2.05, 4.69) is 21.2 Å². The number of piperidine rings is 1. The summed E-state index contributed by atoms with van der Waals surface area (Å²) in [6.07, 6.45) is 1.09.